The summed E-state index contributed by atoms with van der Waals surface area (Å²) in [7, 11) is 3.91. The number of nitrogens with one attached hydrogen (secondary N) is 1. The van der Waals surface area contributed by atoms with Crippen LogP contribution in [0.3, 0.4) is 0 Å². The first-order chi connectivity index (χ1) is 7.33. The Morgan fingerprint density at radius 3 is 2.67 bits per heavy atom. The highest BCUT2D eigenvalue weighted by Gasteiger charge is 2.30. The maximum Gasteiger partial charge on any atom is 0.0910 e. The molecule has 0 bridgehead atoms. The van der Waals surface area contributed by atoms with Gasteiger partial charge in [-0.15, -0.1) is 0 Å². The summed E-state index contributed by atoms with van der Waals surface area (Å²) in [5.41, 5.74) is 1.24. The van der Waals surface area contributed by atoms with Crippen LogP contribution in [-0.4, -0.2) is 39.4 Å². The number of likely N-dealkylation sites (N-methyl/N-ethyl adjacent to an activating group) is 1. The van der Waals surface area contributed by atoms with E-state index in [1.807, 2.05) is 6.07 Å². The molecular formula is C12H18N2O. The fourth-order valence-corrected chi connectivity index (χ4v) is 2.12. The molecule has 1 aromatic carbocycles. The van der Waals surface area contributed by atoms with Crippen molar-refractivity contribution in [1.29, 1.82) is 0 Å². The molecule has 1 fully saturated rings. The standard InChI is InChI=1S/C12H18N2O/c1-14(10-6-4-3-5-7-10)11-8-13-9-12(11)15-2/h3-7,11-13H,8-9H2,1-2H3. The van der Waals surface area contributed by atoms with Crippen LogP contribution in [-0.2, 0) is 4.74 Å². The van der Waals surface area contributed by atoms with Crippen LogP contribution in [0, 0.1) is 0 Å². The van der Waals surface area contributed by atoms with E-state index < -0.39 is 0 Å². The van der Waals surface area contributed by atoms with Crippen molar-refractivity contribution in [2.75, 3.05) is 32.1 Å². The first-order valence-corrected chi connectivity index (χ1v) is 5.34. The van der Waals surface area contributed by atoms with Crippen LogP contribution in [0.2, 0.25) is 0 Å². The zero-order valence-electron chi connectivity index (χ0n) is 9.31. The molecular weight excluding hydrogens is 188 g/mol. The van der Waals surface area contributed by atoms with Gasteiger partial charge in [0.05, 0.1) is 12.1 Å². The molecule has 0 radical (unpaired) electrons. The quantitative estimate of drug-likeness (QED) is 0.802. The van der Waals surface area contributed by atoms with Crippen molar-refractivity contribution < 1.29 is 4.74 Å². The highest BCUT2D eigenvalue weighted by molar-refractivity contribution is 5.46. The summed E-state index contributed by atoms with van der Waals surface area (Å²) in [6.07, 6.45) is 0.287. The van der Waals surface area contributed by atoms with Crippen LogP contribution in [0.15, 0.2) is 30.3 Å². The summed E-state index contributed by atoms with van der Waals surface area (Å²) in [5, 5.41) is 3.36. The molecule has 2 atom stereocenters. The van der Waals surface area contributed by atoms with Crippen LogP contribution >= 0.6 is 0 Å². The second-order valence-electron chi connectivity index (χ2n) is 3.95. The first-order valence-electron chi connectivity index (χ1n) is 5.34. The lowest BCUT2D eigenvalue weighted by Crippen LogP contribution is -2.41. The van der Waals surface area contributed by atoms with Crippen molar-refractivity contribution in [3.8, 4) is 0 Å². The summed E-state index contributed by atoms with van der Waals surface area (Å²) in [4.78, 5) is 2.29. The highest BCUT2D eigenvalue weighted by atomic mass is 16.5. The Hall–Kier alpha value is -1.06. The molecule has 0 spiro atoms. The van der Waals surface area contributed by atoms with E-state index in [0.717, 1.165) is 13.1 Å². The number of methoxy groups -OCH3 is 1. The minimum absolute atomic E-state index is 0.287. The molecule has 0 saturated carbocycles. The summed E-state index contributed by atoms with van der Waals surface area (Å²) in [6, 6.07) is 10.9. The predicted molar refractivity (Wildman–Crippen MR) is 62.3 cm³/mol. The number of rotatable bonds is 3. The highest BCUT2D eigenvalue weighted by Crippen LogP contribution is 2.19. The zero-order valence-corrected chi connectivity index (χ0v) is 9.31. The topological polar surface area (TPSA) is 24.5 Å². The van der Waals surface area contributed by atoms with Gasteiger partial charge >= 0.3 is 0 Å². The number of hydrogen-bond acceptors (Lipinski definition) is 3. The Kier molecular flexibility index (Phi) is 3.23. The minimum atomic E-state index is 0.287. The molecule has 1 aromatic rings. The Bertz CT molecular complexity index is 302. The molecule has 1 aliphatic rings. The Labute approximate surface area is 91.0 Å². The lowest BCUT2D eigenvalue weighted by atomic mass is 10.1. The van der Waals surface area contributed by atoms with E-state index in [9.17, 15) is 0 Å². The number of hydrogen-bond donors (Lipinski definition) is 1. The van der Waals surface area contributed by atoms with Crippen LogP contribution < -0.4 is 10.2 Å². The summed E-state index contributed by atoms with van der Waals surface area (Å²) in [5.74, 6) is 0. The molecule has 1 aliphatic heterocycles. The lowest BCUT2D eigenvalue weighted by Gasteiger charge is -2.29. The number of para-hydroxylation sites is 1. The third-order valence-electron chi connectivity index (χ3n) is 3.09. The van der Waals surface area contributed by atoms with Crippen LogP contribution in [0.5, 0.6) is 0 Å². The molecule has 1 saturated heterocycles. The smallest absolute Gasteiger partial charge is 0.0910 e. The van der Waals surface area contributed by atoms with Gasteiger partial charge in [0.2, 0.25) is 0 Å². The van der Waals surface area contributed by atoms with Gasteiger partial charge in [0, 0.05) is 32.9 Å². The van der Waals surface area contributed by atoms with Crippen LogP contribution in [0.25, 0.3) is 0 Å². The van der Waals surface area contributed by atoms with Gasteiger partial charge in [-0.2, -0.15) is 0 Å². The third kappa shape index (κ3) is 2.13. The number of benzene rings is 1. The van der Waals surface area contributed by atoms with Gasteiger partial charge in [-0.05, 0) is 12.1 Å². The number of anilines is 1. The summed E-state index contributed by atoms with van der Waals surface area (Å²) >= 11 is 0. The van der Waals surface area contributed by atoms with E-state index in [1.54, 1.807) is 7.11 Å². The maximum absolute atomic E-state index is 5.46. The molecule has 2 unspecified atom stereocenters. The van der Waals surface area contributed by atoms with E-state index in [2.05, 4.69) is 41.5 Å². The van der Waals surface area contributed by atoms with E-state index in [-0.39, 0.29) is 6.10 Å². The molecule has 1 heterocycles. The Morgan fingerprint density at radius 1 is 1.27 bits per heavy atom. The zero-order chi connectivity index (χ0) is 10.7. The number of ether oxygens (including phenoxy) is 1. The van der Waals surface area contributed by atoms with Gasteiger partial charge in [0.15, 0.2) is 0 Å². The van der Waals surface area contributed by atoms with E-state index in [4.69, 9.17) is 4.74 Å². The van der Waals surface area contributed by atoms with Crippen molar-refractivity contribution in [1.82, 2.24) is 5.32 Å². The van der Waals surface area contributed by atoms with Gasteiger partial charge in [-0.25, -0.2) is 0 Å². The van der Waals surface area contributed by atoms with Gasteiger partial charge in [-0.1, -0.05) is 18.2 Å². The Balaban J connectivity index is 2.10. The van der Waals surface area contributed by atoms with Crippen molar-refractivity contribution in [2.45, 2.75) is 12.1 Å². The normalized spacial score (nSPS) is 25.5. The van der Waals surface area contributed by atoms with Crippen molar-refractivity contribution in [3.63, 3.8) is 0 Å². The third-order valence-corrected chi connectivity index (χ3v) is 3.09. The van der Waals surface area contributed by atoms with Crippen molar-refractivity contribution in [2.24, 2.45) is 0 Å². The second-order valence-corrected chi connectivity index (χ2v) is 3.95. The van der Waals surface area contributed by atoms with E-state index in [1.165, 1.54) is 5.69 Å². The van der Waals surface area contributed by atoms with Gasteiger partial charge < -0.3 is 15.0 Å². The molecule has 1 N–H and O–H groups in total. The molecule has 2 rings (SSSR count). The van der Waals surface area contributed by atoms with Crippen LogP contribution in [0.1, 0.15) is 0 Å². The van der Waals surface area contributed by atoms with Crippen LogP contribution in [0.4, 0.5) is 5.69 Å². The fraction of sp³-hybridized carbons (Fsp3) is 0.500. The molecule has 3 heteroatoms. The molecule has 0 aliphatic carbocycles. The van der Waals surface area contributed by atoms with Gasteiger partial charge in [0.1, 0.15) is 0 Å². The monoisotopic (exact) mass is 206 g/mol. The second kappa shape index (κ2) is 4.64. The SMILES string of the molecule is COC1CNCC1N(C)c1ccccc1. The molecule has 3 nitrogen and oxygen atoms in total. The number of nitrogens with zero attached hydrogens (tertiary/aromatic N) is 1. The maximum atomic E-state index is 5.46. The molecule has 82 valence electrons. The average molecular weight is 206 g/mol. The Morgan fingerprint density at radius 2 is 2.00 bits per heavy atom. The first kappa shape index (κ1) is 10.5. The fourth-order valence-electron chi connectivity index (χ4n) is 2.12. The lowest BCUT2D eigenvalue weighted by molar-refractivity contribution is 0.105. The average Bonchev–Trinajstić information content (AvgIpc) is 2.77. The molecule has 0 amide bonds. The van der Waals surface area contributed by atoms with E-state index >= 15 is 0 Å². The summed E-state index contributed by atoms with van der Waals surface area (Å²) < 4.78 is 5.46. The molecule has 15 heavy (non-hydrogen) atoms. The molecule has 0 aromatic heterocycles. The van der Waals surface area contributed by atoms with Gasteiger partial charge in [-0.3, -0.25) is 0 Å². The summed E-state index contributed by atoms with van der Waals surface area (Å²) in [6.45, 7) is 1.93. The van der Waals surface area contributed by atoms with E-state index in [0.29, 0.717) is 6.04 Å². The van der Waals surface area contributed by atoms with Crippen molar-refractivity contribution in [3.05, 3.63) is 30.3 Å². The largest absolute Gasteiger partial charge is 0.378 e. The van der Waals surface area contributed by atoms with Gasteiger partial charge in [0.25, 0.3) is 0 Å². The minimum Gasteiger partial charge on any atom is -0.378 e. The van der Waals surface area contributed by atoms with Crippen molar-refractivity contribution >= 4 is 5.69 Å². The predicted octanol–water partition coefficient (Wildman–Crippen LogP) is 1.11.